The van der Waals surface area contributed by atoms with Gasteiger partial charge in [-0.3, -0.25) is 0 Å². The summed E-state index contributed by atoms with van der Waals surface area (Å²) in [6.45, 7) is 0. The first kappa shape index (κ1) is 43.2. The molecule has 0 saturated heterocycles. The first-order chi connectivity index (χ1) is 26.9. The average Bonchev–Trinajstić information content (AvgIpc) is 3.45. The number of hydrogen-bond donors (Lipinski definition) is 0. The lowest BCUT2D eigenvalue weighted by Gasteiger charge is -2.34. The van der Waals surface area contributed by atoms with E-state index in [1.165, 1.54) is 0 Å². The van der Waals surface area contributed by atoms with Crippen LogP contribution in [0, 0.1) is 0 Å². The van der Waals surface area contributed by atoms with Gasteiger partial charge in [0.15, 0.2) is 0 Å². The van der Waals surface area contributed by atoms with Crippen LogP contribution in [-0.4, -0.2) is 180 Å². The van der Waals surface area contributed by atoms with Crippen molar-refractivity contribution >= 4 is 328 Å². The Hall–Kier alpha value is -2.93. The Morgan fingerprint density at radius 3 is 0.759 bits per heavy atom. The van der Waals surface area contributed by atoms with Crippen molar-refractivity contribution in [1.82, 2.24) is 0 Å². The van der Waals surface area contributed by atoms with Crippen molar-refractivity contribution in [2.75, 3.05) is 0 Å². The fourth-order valence-corrected chi connectivity index (χ4v) is 8.21. The largest absolute Gasteiger partial charge is 0.115 e. The maximum absolute atomic E-state index is 7.12. The molecule has 58 heavy (non-hydrogen) atoms. The highest BCUT2D eigenvalue weighted by Crippen LogP contribution is 2.42. The van der Waals surface area contributed by atoms with Crippen molar-refractivity contribution < 1.29 is 0 Å². The number of fused-ring (bicyclic) bond motifs is 3. The van der Waals surface area contributed by atoms with E-state index in [0.717, 1.165) is 0 Å². The molecule has 0 aliphatic heterocycles. The Morgan fingerprint density at radius 1 is 0.190 bits per heavy atom. The zero-order valence-electron chi connectivity index (χ0n) is 30.9. The summed E-state index contributed by atoms with van der Waals surface area (Å²) in [5.41, 5.74) is -2.04. The molecule has 7 rings (SSSR count). The molecule has 23 heteroatoms. The van der Waals surface area contributed by atoms with Crippen molar-refractivity contribution in [3.63, 3.8) is 0 Å². The Morgan fingerprint density at radius 2 is 0.414 bits per heavy atom. The van der Waals surface area contributed by atoms with Gasteiger partial charge in [0.1, 0.15) is 180 Å². The predicted octanol–water partition coefficient (Wildman–Crippen LogP) is -18.7. The minimum absolute atomic E-state index is 0.00735. The van der Waals surface area contributed by atoms with Crippen LogP contribution in [0.3, 0.4) is 0 Å². The monoisotopic (exact) mass is 674 g/mol. The molecule has 0 unspecified atom stereocenters. The zero-order chi connectivity index (χ0) is 43.2. The highest BCUT2D eigenvalue weighted by Gasteiger charge is 2.33. The summed E-state index contributed by atoms with van der Waals surface area (Å²) in [4.78, 5) is 0. The second kappa shape index (κ2) is 14.6. The zero-order valence-corrected chi connectivity index (χ0v) is 30.9. The van der Waals surface area contributed by atoms with Crippen molar-refractivity contribution in [3.8, 4) is 22.3 Å². The lowest BCUT2D eigenvalue weighted by Crippen LogP contribution is -2.63. The number of hydrogen-bond acceptors (Lipinski definition) is 0. The summed E-state index contributed by atoms with van der Waals surface area (Å²) in [5, 5.41) is 0.736. The van der Waals surface area contributed by atoms with E-state index in [1.807, 2.05) is 0 Å². The molecule has 0 aromatic heterocycles. The summed E-state index contributed by atoms with van der Waals surface area (Å²) in [6.07, 6.45) is 0. The molecule has 0 N–H and O–H groups in total. The summed E-state index contributed by atoms with van der Waals surface area (Å²) < 4.78 is 0. The second-order valence-corrected chi connectivity index (χ2v) is 14.2. The lowest BCUT2D eigenvalue weighted by molar-refractivity contribution is 1.25. The molecule has 0 amide bonds. The minimum Gasteiger partial charge on any atom is -0.112 e. The molecule has 210 valence electrons. The van der Waals surface area contributed by atoms with E-state index in [2.05, 4.69) is 0 Å². The molecule has 0 fully saturated rings. The van der Waals surface area contributed by atoms with Gasteiger partial charge in [0.05, 0.1) is 0 Å². The topological polar surface area (TPSA) is 0 Å². The Balaban J connectivity index is 1.85. The highest BCUT2D eigenvalue weighted by molar-refractivity contribution is 6.74. The van der Waals surface area contributed by atoms with E-state index in [9.17, 15) is 0 Å². The van der Waals surface area contributed by atoms with Crippen molar-refractivity contribution in [2.45, 2.75) is 5.92 Å². The van der Waals surface area contributed by atoms with Gasteiger partial charge < -0.3 is 0 Å². The van der Waals surface area contributed by atoms with Crippen LogP contribution in [0.25, 0.3) is 54.7 Å². The molecular weight excluding hydrogens is 669 g/mol. The van der Waals surface area contributed by atoms with Crippen molar-refractivity contribution in [3.05, 3.63) is 16.0 Å². The van der Waals surface area contributed by atoms with Crippen LogP contribution in [-0.2, 0) is 0 Å². The molecule has 6 aromatic rings. The van der Waals surface area contributed by atoms with E-state index in [4.69, 9.17) is 180 Å². The normalized spacial score (nSPS) is 12.9. The van der Waals surface area contributed by atoms with Gasteiger partial charge in [0.25, 0.3) is 0 Å². The van der Waals surface area contributed by atoms with Crippen LogP contribution in [0.1, 0.15) is 11.5 Å². The van der Waals surface area contributed by atoms with E-state index in [0.29, 0.717) is 0 Å². The first-order valence-electron chi connectivity index (χ1n) is 17.0. The predicted molar refractivity (Wildman–Crippen MR) is 272 cm³/mol. The SMILES string of the molecule is [B]C1=c2c([B])c([B])c([B])c([B])c2=C([B])C1c1c2c([B])c([B])c([B])c([B])c2c(-c2c([B])c([B])c([B])c(-c3c([B])c([B])c([B])c([B])c3[B])c2[B])c2c([B])c([B])c([B])c([B])c12. The van der Waals surface area contributed by atoms with Gasteiger partial charge in [0, 0.05) is 5.92 Å². The summed E-state index contributed by atoms with van der Waals surface area (Å²) >= 11 is 0. The second-order valence-electron chi connectivity index (χ2n) is 14.2. The number of benzene rings is 6. The van der Waals surface area contributed by atoms with Crippen LogP contribution in [0.15, 0.2) is 0 Å². The lowest BCUT2D eigenvalue weighted by atomic mass is 9.54. The van der Waals surface area contributed by atoms with E-state index in [-0.39, 0.29) is 185 Å². The van der Waals surface area contributed by atoms with Crippen LogP contribution >= 0.6 is 0 Å². The van der Waals surface area contributed by atoms with Gasteiger partial charge in [-0.25, -0.2) is 0 Å². The molecule has 1 aliphatic rings. The van der Waals surface area contributed by atoms with Gasteiger partial charge >= 0.3 is 0 Å². The van der Waals surface area contributed by atoms with Crippen LogP contribution in [0.2, 0.25) is 0 Å². The van der Waals surface area contributed by atoms with Crippen molar-refractivity contribution in [2.24, 2.45) is 0 Å². The smallest absolute Gasteiger partial charge is 0.112 e. The van der Waals surface area contributed by atoms with Crippen LogP contribution in [0.4, 0.5) is 0 Å². The molecule has 6 aromatic carbocycles. The van der Waals surface area contributed by atoms with Crippen LogP contribution in [0.5, 0.6) is 0 Å². The third kappa shape index (κ3) is 5.55. The van der Waals surface area contributed by atoms with Gasteiger partial charge in [-0.2, -0.15) is 0 Å². The molecular formula is C35HB23. The fraction of sp³-hybridized carbons (Fsp3) is 0.0286. The molecule has 0 spiro atoms. The highest BCUT2D eigenvalue weighted by atomic mass is 14.3. The van der Waals surface area contributed by atoms with Gasteiger partial charge in [-0.15, -0.1) is 65.6 Å². The first-order valence-corrected chi connectivity index (χ1v) is 17.0. The maximum Gasteiger partial charge on any atom is 0.115 e. The van der Waals surface area contributed by atoms with Crippen molar-refractivity contribution in [1.29, 1.82) is 0 Å². The van der Waals surface area contributed by atoms with E-state index >= 15 is 0 Å². The van der Waals surface area contributed by atoms with E-state index in [1.54, 1.807) is 0 Å². The van der Waals surface area contributed by atoms with Gasteiger partial charge in [0.2, 0.25) is 0 Å². The molecule has 1 aliphatic carbocycles. The van der Waals surface area contributed by atoms with Gasteiger partial charge in [-0.05, 0) is 59.8 Å². The Bertz CT molecular complexity index is 2930. The summed E-state index contributed by atoms with van der Waals surface area (Å²) in [5.74, 6) is -1.17. The Labute approximate surface area is 369 Å². The number of rotatable bonds is 3. The molecule has 0 nitrogen and oxygen atoms in total. The summed E-state index contributed by atoms with van der Waals surface area (Å²) in [7, 11) is 152. The third-order valence-electron chi connectivity index (χ3n) is 11.4. The third-order valence-corrected chi connectivity index (χ3v) is 11.4. The Kier molecular flexibility index (Phi) is 10.9. The minimum atomic E-state index is -1.17. The average molecular weight is 670 g/mol. The molecule has 0 atom stereocenters. The van der Waals surface area contributed by atoms with Gasteiger partial charge in [-0.1, -0.05) is 60.1 Å². The maximum atomic E-state index is 7.12. The molecule has 0 heterocycles. The summed E-state index contributed by atoms with van der Waals surface area (Å²) in [6, 6.07) is 0. The van der Waals surface area contributed by atoms with E-state index < -0.39 is 5.92 Å². The standard InChI is InChI=1S/C35HB23/c36-13-7(14(37)10-9(13)22(45)31(54)32(55)23(10)46)1-3-5(18(41)29(52)27(50)16(3)39)2(6-4(1)17(40)28(51)30(53)19(6)42)8-15(38)11(21(44)26(49)20(8)43)12-24(47)33(56)35(58)34(57)25(12)48/h7H. The van der Waals surface area contributed by atoms with Crippen LogP contribution < -0.4 is 125 Å². The molecule has 0 bridgehead atoms. The quantitative estimate of drug-likeness (QED) is 0.130. The molecule has 46 radical (unpaired) electrons. The molecule has 0 saturated carbocycles. The fourth-order valence-electron chi connectivity index (χ4n) is 8.21.